The minimum atomic E-state index is -1.16. The minimum Gasteiger partial charge on any atom is -0.462 e. The fourth-order valence-electron chi connectivity index (χ4n) is 3.24. The highest BCUT2D eigenvalue weighted by Gasteiger charge is 2.39. The SMILES string of the molecule is CC(=O)OCC(COC(C)=O)OC(=O)OC(C)OC(=O)C1=CCCC2CCC12. The summed E-state index contributed by atoms with van der Waals surface area (Å²) in [6.07, 6.45) is 2.58. The summed E-state index contributed by atoms with van der Waals surface area (Å²) in [6.45, 7) is 3.17. The summed E-state index contributed by atoms with van der Waals surface area (Å²) in [5.41, 5.74) is 0.647. The molecule has 2 aliphatic rings. The Morgan fingerprint density at radius 1 is 0.964 bits per heavy atom. The normalized spacial score (nSPS) is 21.4. The van der Waals surface area contributed by atoms with Crippen molar-refractivity contribution in [3.63, 3.8) is 0 Å². The lowest BCUT2D eigenvalue weighted by Crippen LogP contribution is -2.35. The van der Waals surface area contributed by atoms with Gasteiger partial charge in [0.05, 0.1) is 0 Å². The van der Waals surface area contributed by atoms with Crippen LogP contribution in [0.3, 0.4) is 0 Å². The van der Waals surface area contributed by atoms with Crippen LogP contribution >= 0.6 is 0 Å². The monoisotopic (exact) mass is 398 g/mol. The van der Waals surface area contributed by atoms with E-state index in [0.717, 1.165) is 25.7 Å². The summed E-state index contributed by atoms with van der Waals surface area (Å²) in [5, 5.41) is 0. The summed E-state index contributed by atoms with van der Waals surface area (Å²) in [5.74, 6) is -0.885. The first-order chi connectivity index (χ1) is 13.3. The van der Waals surface area contributed by atoms with E-state index in [1.807, 2.05) is 6.08 Å². The third-order valence-electron chi connectivity index (χ3n) is 4.70. The first-order valence-electron chi connectivity index (χ1n) is 9.31. The predicted octanol–water partition coefficient (Wildman–Crippen LogP) is 2.27. The number of fused-ring (bicyclic) bond motifs is 1. The quantitative estimate of drug-likeness (QED) is 0.345. The smallest absolute Gasteiger partial charge is 0.462 e. The Kier molecular flexibility index (Phi) is 7.83. The molecule has 0 N–H and O–H groups in total. The van der Waals surface area contributed by atoms with Crippen LogP contribution in [0, 0.1) is 11.8 Å². The van der Waals surface area contributed by atoms with Crippen molar-refractivity contribution in [2.75, 3.05) is 13.2 Å². The maximum atomic E-state index is 12.3. The van der Waals surface area contributed by atoms with E-state index < -0.39 is 36.5 Å². The molecule has 0 aliphatic heterocycles. The summed E-state index contributed by atoms with van der Waals surface area (Å²) in [7, 11) is 0. The zero-order chi connectivity index (χ0) is 20.7. The second kappa shape index (κ2) is 10.1. The molecule has 0 saturated heterocycles. The lowest BCUT2D eigenvalue weighted by Gasteiger charge is -2.40. The maximum absolute atomic E-state index is 12.3. The van der Waals surface area contributed by atoms with Crippen molar-refractivity contribution in [1.29, 1.82) is 0 Å². The molecular weight excluding hydrogens is 372 g/mol. The van der Waals surface area contributed by atoms with Crippen molar-refractivity contribution in [3.8, 4) is 0 Å². The highest BCUT2D eigenvalue weighted by atomic mass is 16.8. The molecule has 0 aromatic carbocycles. The number of ether oxygens (including phenoxy) is 5. The van der Waals surface area contributed by atoms with Gasteiger partial charge in [0.2, 0.25) is 6.29 Å². The molecule has 2 rings (SSSR count). The Morgan fingerprint density at radius 2 is 1.61 bits per heavy atom. The molecule has 0 heterocycles. The number of allylic oxidation sites excluding steroid dienone is 1. The van der Waals surface area contributed by atoms with Gasteiger partial charge in [0, 0.05) is 26.3 Å². The van der Waals surface area contributed by atoms with Gasteiger partial charge in [-0.2, -0.15) is 0 Å². The van der Waals surface area contributed by atoms with Crippen LogP contribution in [0.25, 0.3) is 0 Å². The Hall–Kier alpha value is -2.58. The van der Waals surface area contributed by atoms with Crippen LogP contribution < -0.4 is 0 Å². The van der Waals surface area contributed by atoms with Gasteiger partial charge in [0.25, 0.3) is 0 Å². The average Bonchev–Trinajstić information content (AvgIpc) is 2.57. The van der Waals surface area contributed by atoms with E-state index in [4.69, 9.17) is 23.7 Å². The average molecular weight is 398 g/mol. The Morgan fingerprint density at radius 3 is 2.14 bits per heavy atom. The van der Waals surface area contributed by atoms with Crippen LogP contribution in [0.5, 0.6) is 0 Å². The number of rotatable bonds is 8. The Bertz CT molecular complexity index is 621. The first-order valence-corrected chi connectivity index (χ1v) is 9.31. The number of hydrogen-bond acceptors (Lipinski definition) is 9. The van der Waals surface area contributed by atoms with Gasteiger partial charge in [-0.3, -0.25) is 9.59 Å². The molecule has 3 atom stereocenters. The maximum Gasteiger partial charge on any atom is 0.511 e. The second-order valence-electron chi connectivity index (χ2n) is 6.87. The van der Waals surface area contributed by atoms with Crippen LogP contribution in [-0.4, -0.2) is 49.7 Å². The van der Waals surface area contributed by atoms with Crippen LogP contribution in [0.1, 0.15) is 46.5 Å². The van der Waals surface area contributed by atoms with Gasteiger partial charge in [-0.15, -0.1) is 0 Å². The largest absolute Gasteiger partial charge is 0.511 e. The molecule has 9 nitrogen and oxygen atoms in total. The molecule has 0 radical (unpaired) electrons. The zero-order valence-electron chi connectivity index (χ0n) is 16.3. The lowest BCUT2D eigenvalue weighted by atomic mass is 9.65. The topological polar surface area (TPSA) is 114 Å². The van der Waals surface area contributed by atoms with Crippen molar-refractivity contribution in [2.24, 2.45) is 11.8 Å². The molecule has 0 aromatic rings. The molecule has 0 bridgehead atoms. The van der Waals surface area contributed by atoms with Crippen molar-refractivity contribution in [2.45, 2.75) is 58.8 Å². The molecule has 0 amide bonds. The van der Waals surface area contributed by atoms with Crippen molar-refractivity contribution in [1.82, 2.24) is 0 Å². The van der Waals surface area contributed by atoms with E-state index in [0.29, 0.717) is 11.5 Å². The van der Waals surface area contributed by atoms with Gasteiger partial charge in [-0.05, 0) is 37.5 Å². The van der Waals surface area contributed by atoms with Gasteiger partial charge < -0.3 is 23.7 Å². The highest BCUT2D eigenvalue weighted by molar-refractivity contribution is 5.89. The summed E-state index contributed by atoms with van der Waals surface area (Å²) >= 11 is 0. The lowest BCUT2D eigenvalue weighted by molar-refractivity contribution is -0.169. The number of hydrogen-bond donors (Lipinski definition) is 0. The van der Waals surface area contributed by atoms with Gasteiger partial charge in [-0.25, -0.2) is 9.59 Å². The van der Waals surface area contributed by atoms with Gasteiger partial charge in [0.15, 0.2) is 6.10 Å². The van der Waals surface area contributed by atoms with Gasteiger partial charge in [-0.1, -0.05) is 6.08 Å². The first kappa shape index (κ1) is 21.7. The molecule has 3 unspecified atom stereocenters. The molecule has 2 aliphatic carbocycles. The third kappa shape index (κ3) is 6.54. The van der Waals surface area contributed by atoms with E-state index >= 15 is 0 Å². The molecular formula is C19H26O9. The van der Waals surface area contributed by atoms with Crippen molar-refractivity contribution in [3.05, 3.63) is 11.6 Å². The van der Waals surface area contributed by atoms with E-state index in [9.17, 15) is 19.2 Å². The van der Waals surface area contributed by atoms with Gasteiger partial charge in [0.1, 0.15) is 13.2 Å². The van der Waals surface area contributed by atoms with Crippen LogP contribution in [0.15, 0.2) is 11.6 Å². The highest BCUT2D eigenvalue weighted by Crippen LogP contribution is 2.45. The van der Waals surface area contributed by atoms with Crippen molar-refractivity contribution < 1.29 is 42.9 Å². The second-order valence-corrected chi connectivity index (χ2v) is 6.87. The number of esters is 3. The molecule has 28 heavy (non-hydrogen) atoms. The predicted molar refractivity (Wildman–Crippen MR) is 93.7 cm³/mol. The summed E-state index contributed by atoms with van der Waals surface area (Å²) in [4.78, 5) is 46.0. The summed E-state index contributed by atoms with van der Waals surface area (Å²) in [6, 6.07) is 0. The van der Waals surface area contributed by atoms with E-state index in [1.54, 1.807) is 0 Å². The van der Waals surface area contributed by atoms with Crippen LogP contribution in [0.2, 0.25) is 0 Å². The standard InChI is InChI=1S/C19H26O9/c1-11(20)24-9-15(10-25-12(2)21)28-19(23)27-13(3)26-18(22)17-6-4-5-14-7-8-16(14)17/h6,13-16H,4-5,7-10H2,1-3H3. The van der Waals surface area contributed by atoms with Crippen LogP contribution in [0.4, 0.5) is 4.79 Å². The molecule has 0 aromatic heterocycles. The van der Waals surface area contributed by atoms with Crippen LogP contribution in [-0.2, 0) is 38.1 Å². The fourth-order valence-corrected chi connectivity index (χ4v) is 3.24. The molecule has 1 saturated carbocycles. The molecule has 9 heteroatoms. The third-order valence-corrected chi connectivity index (χ3v) is 4.70. The van der Waals surface area contributed by atoms with Crippen molar-refractivity contribution >= 4 is 24.1 Å². The van der Waals surface area contributed by atoms with E-state index in [2.05, 4.69) is 0 Å². The summed E-state index contributed by atoms with van der Waals surface area (Å²) < 4.78 is 24.6. The molecule has 0 spiro atoms. The van der Waals surface area contributed by atoms with E-state index in [1.165, 1.54) is 20.8 Å². The number of carbonyl (C=O) groups excluding carboxylic acids is 4. The minimum absolute atomic E-state index is 0.234. The Balaban J connectivity index is 1.80. The molecule has 1 fully saturated rings. The zero-order valence-corrected chi connectivity index (χ0v) is 16.3. The number of carbonyl (C=O) groups is 4. The van der Waals surface area contributed by atoms with E-state index in [-0.39, 0.29) is 19.1 Å². The fraction of sp³-hybridized carbons (Fsp3) is 0.684. The van der Waals surface area contributed by atoms with Gasteiger partial charge >= 0.3 is 24.1 Å². The molecule has 156 valence electrons. The Labute approximate surface area is 163 Å².